The van der Waals surface area contributed by atoms with Crippen molar-refractivity contribution in [2.24, 2.45) is 0 Å². The predicted octanol–water partition coefficient (Wildman–Crippen LogP) is 2.10. The molecule has 1 aliphatic heterocycles. The van der Waals surface area contributed by atoms with Crippen LogP contribution in [0.1, 0.15) is 42.2 Å². The molecule has 7 heteroatoms. The van der Waals surface area contributed by atoms with Crippen molar-refractivity contribution in [2.75, 3.05) is 5.48 Å². The molecule has 1 atom stereocenters. The van der Waals surface area contributed by atoms with Crippen molar-refractivity contribution in [3.05, 3.63) is 39.7 Å². The van der Waals surface area contributed by atoms with Crippen LogP contribution in [0.25, 0.3) is 10.9 Å². The summed E-state index contributed by atoms with van der Waals surface area (Å²) in [6.45, 7) is 3.27. The fourth-order valence-corrected chi connectivity index (χ4v) is 2.99. The summed E-state index contributed by atoms with van der Waals surface area (Å²) < 4.78 is 1.82. The fraction of sp³-hybridized carbons (Fsp3) is 0.312. The first kappa shape index (κ1) is 15.1. The van der Waals surface area contributed by atoms with E-state index < -0.39 is 17.4 Å². The molecule has 0 saturated heterocycles. The van der Waals surface area contributed by atoms with Crippen LogP contribution < -0.4 is 10.9 Å². The Morgan fingerprint density at radius 2 is 2.13 bits per heavy atom. The Morgan fingerprint density at radius 3 is 2.78 bits per heavy atom. The van der Waals surface area contributed by atoms with Crippen LogP contribution in [-0.2, 0) is 16.1 Å². The summed E-state index contributed by atoms with van der Waals surface area (Å²) in [6, 6.07) is 3.27. The Hall–Kier alpha value is -2.83. The normalized spacial score (nSPS) is 16.2. The topological polar surface area (TPSA) is 97.6 Å². The molecule has 3 rings (SSSR count). The molecule has 0 spiro atoms. The highest BCUT2D eigenvalue weighted by atomic mass is 16.7. The number of aromatic carboxylic acids is 1. The zero-order chi connectivity index (χ0) is 16.7. The van der Waals surface area contributed by atoms with Gasteiger partial charge >= 0.3 is 11.9 Å². The third-order valence-corrected chi connectivity index (χ3v) is 4.12. The van der Waals surface area contributed by atoms with Crippen molar-refractivity contribution < 1.29 is 19.5 Å². The SMILES string of the molecule is CC(=O)ONc1ccc2c(=O)c(C(=O)O)cn3c2c1CCC3C. The number of rotatable bonds is 3. The maximum atomic E-state index is 12.4. The number of nitrogens with zero attached hydrogens (tertiary/aromatic N) is 1. The van der Waals surface area contributed by atoms with Gasteiger partial charge in [0.2, 0.25) is 5.43 Å². The first-order chi connectivity index (χ1) is 10.9. The average molecular weight is 316 g/mol. The quantitative estimate of drug-likeness (QED) is 0.842. The third kappa shape index (κ3) is 2.44. The highest BCUT2D eigenvalue weighted by molar-refractivity contribution is 5.95. The van der Waals surface area contributed by atoms with E-state index in [9.17, 15) is 19.5 Å². The van der Waals surface area contributed by atoms with Gasteiger partial charge in [0.05, 0.1) is 11.2 Å². The van der Waals surface area contributed by atoms with Crippen LogP contribution in [0.15, 0.2) is 23.1 Å². The van der Waals surface area contributed by atoms with Gasteiger partial charge in [0.15, 0.2) is 0 Å². The molecular formula is C16H16N2O5. The second-order valence-corrected chi connectivity index (χ2v) is 5.66. The third-order valence-electron chi connectivity index (χ3n) is 4.12. The Balaban J connectivity index is 2.29. The largest absolute Gasteiger partial charge is 0.477 e. The number of aromatic nitrogens is 1. The van der Waals surface area contributed by atoms with Gasteiger partial charge in [0.1, 0.15) is 5.56 Å². The van der Waals surface area contributed by atoms with Crippen LogP contribution in [0.3, 0.4) is 0 Å². The number of nitrogens with one attached hydrogen (secondary N) is 1. The van der Waals surface area contributed by atoms with Crippen LogP contribution in [0.2, 0.25) is 0 Å². The molecule has 0 aliphatic carbocycles. The van der Waals surface area contributed by atoms with Gasteiger partial charge in [-0.15, -0.1) is 0 Å². The van der Waals surface area contributed by atoms with E-state index in [0.29, 0.717) is 23.0 Å². The van der Waals surface area contributed by atoms with Crippen LogP contribution in [0.5, 0.6) is 0 Å². The van der Waals surface area contributed by atoms with E-state index in [1.807, 2.05) is 11.5 Å². The molecular weight excluding hydrogens is 300 g/mol. The minimum atomic E-state index is -1.23. The number of anilines is 1. The van der Waals surface area contributed by atoms with E-state index in [2.05, 4.69) is 5.48 Å². The van der Waals surface area contributed by atoms with Gasteiger partial charge in [0.25, 0.3) is 0 Å². The lowest BCUT2D eigenvalue weighted by Crippen LogP contribution is -2.24. The van der Waals surface area contributed by atoms with Gasteiger partial charge in [0, 0.05) is 30.1 Å². The number of hydrogen-bond acceptors (Lipinski definition) is 5. The van der Waals surface area contributed by atoms with Crippen LogP contribution in [0, 0.1) is 0 Å². The van der Waals surface area contributed by atoms with Crippen molar-refractivity contribution in [1.29, 1.82) is 0 Å². The molecule has 1 unspecified atom stereocenters. The molecule has 0 saturated carbocycles. The standard InChI is InChI=1S/C16H16N2O5/c1-8-3-4-10-13(17-23-9(2)19)6-5-11-14(10)18(8)7-12(15(11)20)16(21)22/h5-8,17H,3-4H2,1-2H3,(H,21,22). The molecule has 0 bridgehead atoms. The summed E-state index contributed by atoms with van der Waals surface area (Å²) in [7, 11) is 0. The lowest BCUT2D eigenvalue weighted by Gasteiger charge is -2.27. The van der Waals surface area contributed by atoms with E-state index in [0.717, 1.165) is 12.0 Å². The van der Waals surface area contributed by atoms with Crippen molar-refractivity contribution >= 4 is 28.5 Å². The molecule has 1 aromatic carbocycles. The Morgan fingerprint density at radius 1 is 1.39 bits per heavy atom. The molecule has 1 aliphatic rings. The predicted molar refractivity (Wildman–Crippen MR) is 83.6 cm³/mol. The van der Waals surface area contributed by atoms with Gasteiger partial charge in [-0.1, -0.05) is 0 Å². The van der Waals surface area contributed by atoms with Gasteiger partial charge in [-0.25, -0.2) is 10.3 Å². The van der Waals surface area contributed by atoms with E-state index in [-0.39, 0.29) is 11.6 Å². The maximum absolute atomic E-state index is 12.4. The molecule has 2 aromatic rings. The minimum Gasteiger partial charge on any atom is -0.477 e. The van der Waals surface area contributed by atoms with Crippen molar-refractivity contribution in [1.82, 2.24) is 4.57 Å². The zero-order valence-electron chi connectivity index (χ0n) is 12.8. The number of carboxylic acid groups (broad SMARTS) is 1. The zero-order valence-corrected chi connectivity index (χ0v) is 12.8. The molecule has 2 heterocycles. The number of aryl methyl sites for hydroxylation is 1. The lowest BCUT2D eigenvalue weighted by molar-refractivity contribution is -0.138. The van der Waals surface area contributed by atoms with Gasteiger partial charge in [-0.2, -0.15) is 0 Å². The van der Waals surface area contributed by atoms with Crippen molar-refractivity contribution in [3.8, 4) is 0 Å². The smallest absolute Gasteiger partial charge is 0.341 e. The Bertz CT molecular complexity index is 884. The first-order valence-corrected chi connectivity index (χ1v) is 7.27. The van der Waals surface area contributed by atoms with Crippen LogP contribution >= 0.6 is 0 Å². The van der Waals surface area contributed by atoms with Gasteiger partial charge < -0.3 is 14.5 Å². The van der Waals surface area contributed by atoms with Crippen molar-refractivity contribution in [2.45, 2.75) is 32.7 Å². The van der Waals surface area contributed by atoms with Gasteiger partial charge in [-0.05, 0) is 31.9 Å². The molecule has 23 heavy (non-hydrogen) atoms. The molecule has 2 N–H and O–H groups in total. The van der Waals surface area contributed by atoms with Crippen molar-refractivity contribution in [3.63, 3.8) is 0 Å². The van der Waals surface area contributed by atoms with Crippen LogP contribution in [0.4, 0.5) is 5.69 Å². The minimum absolute atomic E-state index is 0.0766. The highest BCUT2D eigenvalue weighted by Gasteiger charge is 2.24. The highest BCUT2D eigenvalue weighted by Crippen LogP contribution is 2.34. The average Bonchev–Trinajstić information content (AvgIpc) is 2.50. The number of pyridine rings is 1. The van der Waals surface area contributed by atoms with E-state index in [1.165, 1.54) is 13.1 Å². The Kier molecular flexibility index (Phi) is 3.55. The maximum Gasteiger partial charge on any atom is 0.341 e. The summed E-state index contributed by atoms with van der Waals surface area (Å²) in [6.07, 6.45) is 2.90. The van der Waals surface area contributed by atoms with Gasteiger partial charge in [-0.3, -0.25) is 9.59 Å². The van der Waals surface area contributed by atoms with E-state index in [4.69, 9.17) is 4.84 Å². The summed E-state index contributed by atoms with van der Waals surface area (Å²) in [4.78, 5) is 39.5. The second-order valence-electron chi connectivity index (χ2n) is 5.66. The molecule has 1 aromatic heterocycles. The molecule has 0 fully saturated rings. The number of carbonyl (C=O) groups is 2. The van der Waals surface area contributed by atoms with E-state index in [1.54, 1.807) is 12.1 Å². The molecule has 7 nitrogen and oxygen atoms in total. The molecule has 0 amide bonds. The van der Waals surface area contributed by atoms with E-state index >= 15 is 0 Å². The fourth-order valence-electron chi connectivity index (χ4n) is 2.99. The number of carbonyl (C=O) groups excluding carboxylic acids is 1. The summed E-state index contributed by atoms with van der Waals surface area (Å²) >= 11 is 0. The monoisotopic (exact) mass is 316 g/mol. The number of carboxylic acids is 1. The number of hydrogen-bond donors (Lipinski definition) is 2. The first-order valence-electron chi connectivity index (χ1n) is 7.27. The lowest BCUT2D eigenvalue weighted by atomic mass is 9.94. The summed E-state index contributed by atoms with van der Waals surface area (Å²) in [5, 5.41) is 9.60. The number of benzene rings is 1. The Labute approximate surface area is 131 Å². The second kappa shape index (κ2) is 5.42. The van der Waals surface area contributed by atoms with Crippen LogP contribution in [-0.4, -0.2) is 21.6 Å². The molecule has 120 valence electrons. The molecule has 0 radical (unpaired) electrons. The summed E-state index contributed by atoms with van der Waals surface area (Å²) in [5.41, 5.74) is 4.01. The summed E-state index contributed by atoms with van der Waals surface area (Å²) in [5.74, 6) is -1.71.